The molecule has 3 nitrogen and oxygen atoms in total. The summed E-state index contributed by atoms with van der Waals surface area (Å²) in [6.07, 6.45) is 1.53. The van der Waals surface area contributed by atoms with Crippen molar-refractivity contribution in [2.75, 3.05) is 7.11 Å². The van der Waals surface area contributed by atoms with E-state index < -0.39 is 5.97 Å². The molecule has 0 heterocycles. The Hall–Kier alpha value is -2.68. The Bertz CT molecular complexity index is 871. The van der Waals surface area contributed by atoms with Gasteiger partial charge in [0.25, 0.3) is 0 Å². The summed E-state index contributed by atoms with van der Waals surface area (Å²) < 4.78 is 4.88. The molecule has 26 heavy (non-hydrogen) atoms. The molecule has 2 aromatic rings. The van der Waals surface area contributed by atoms with Crippen molar-refractivity contribution in [3.63, 3.8) is 0 Å². The van der Waals surface area contributed by atoms with Crippen LogP contribution in [0.3, 0.4) is 0 Å². The Kier molecular flexibility index (Phi) is 5.81. The minimum absolute atomic E-state index is 0.0617. The van der Waals surface area contributed by atoms with Crippen LogP contribution in [0.15, 0.2) is 30.3 Å². The summed E-state index contributed by atoms with van der Waals surface area (Å²) in [5, 5.41) is 0. The molecule has 0 aliphatic carbocycles. The van der Waals surface area contributed by atoms with Gasteiger partial charge in [-0.25, -0.2) is 4.79 Å². The summed E-state index contributed by atoms with van der Waals surface area (Å²) in [5.74, 6) is -0.336. The van der Waals surface area contributed by atoms with Crippen molar-refractivity contribution in [3.05, 3.63) is 74.8 Å². The second-order valence-electron chi connectivity index (χ2n) is 6.75. The average Bonchev–Trinajstić information content (AvgIpc) is 2.59. The van der Waals surface area contributed by atoms with E-state index in [0.29, 0.717) is 0 Å². The number of methoxy groups -OCH3 is 1. The van der Waals surface area contributed by atoms with Gasteiger partial charge < -0.3 is 4.74 Å². The van der Waals surface area contributed by atoms with Crippen LogP contribution in [0.1, 0.15) is 56.2 Å². The highest BCUT2D eigenvalue weighted by Crippen LogP contribution is 2.35. The molecule has 0 fully saturated rings. The van der Waals surface area contributed by atoms with Crippen molar-refractivity contribution in [2.45, 2.75) is 41.5 Å². The van der Waals surface area contributed by atoms with Crippen LogP contribution in [0.25, 0.3) is 5.57 Å². The van der Waals surface area contributed by atoms with Crippen LogP contribution in [-0.2, 0) is 9.53 Å². The molecule has 0 amide bonds. The number of carbonyl (C=O) groups is 2. The molecule has 0 aliphatic heterocycles. The summed E-state index contributed by atoms with van der Waals surface area (Å²) in [4.78, 5) is 24.2. The summed E-state index contributed by atoms with van der Waals surface area (Å²) in [7, 11) is 1.38. The van der Waals surface area contributed by atoms with Crippen LogP contribution in [0.5, 0.6) is 0 Å². The Labute approximate surface area is 155 Å². The number of hydrogen-bond donors (Lipinski definition) is 0. The van der Waals surface area contributed by atoms with Crippen LogP contribution in [0, 0.1) is 34.6 Å². The zero-order chi connectivity index (χ0) is 19.6. The maximum Gasteiger partial charge on any atom is 0.331 e. The molecule has 136 valence electrons. The smallest absolute Gasteiger partial charge is 0.331 e. The number of Topliss-reactive ketones (excluding diaryl/α,β-unsaturated/α-hetero) is 1. The number of ether oxygens (including phenoxy) is 1. The number of esters is 1. The van der Waals surface area contributed by atoms with Crippen molar-refractivity contribution in [1.82, 2.24) is 0 Å². The summed E-state index contributed by atoms with van der Waals surface area (Å²) >= 11 is 0. The lowest BCUT2D eigenvalue weighted by molar-refractivity contribution is -0.134. The molecule has 2 rings (SSSR count). The molecule has 3 heteroatoms. The first-order valence-electron chi connectivity index (χ1n) is 8.67. The van der Waals surface area contributed by atoms with Crippen molar-refractivity contribution >= 4 is 17.3 Å². The van der Waals surface area contributed by atoms with Gasteiger partial charge in [0.1, 0.15) is 0 Å². The van der Waals surface area contributed by atoms with Gasteiger partial charge in [-0.3, -0.25) is 4.79 Å². The molecular weight excluding hydrogens is 324 g/mol. The van der Waals surface area contributed by atoms with E-state index in [1.54, 1.807) is 6.92 Å². The van der Waals surface area contributed by atoms with E-state index in [1.807, 2.05) is 58.9 Å². The standard InChI is InChI=1S/C23H26O3/c1-13-8-10-19(11-9-13)20(12-21(25)26-7)23-16(4)14(2)22(18(6)24)15(3)17(23)5/h8-12H,1-7H3/b20-12+. The quantitative estimate of drug-likeness (QED) is 0.441. The molecule has 0 spiro atoms. The highest BCUT2D eigenvalue weighted by atomic mass is 16.5. The van der Waals surface area contributed by atoms with Gasteiger partial charge in [0.05, 0.1) is 7.11 Å². The van der Waals surface area contributed by atoms with Gasteiger partial charge in [-0.15, -0.1) is 0 Å². The molecule has 0 unspecified atom stereocenters. The maximum absolute atomic E-state index is 12.1. The van der Waals surface area contributed by atoms with E-state index >= 15 is 0 Å². The second kappa shape index (κ2) is 7.69. The molecular formula is C23H26O3. The molecule has 0 atom stereocenters. The Morgan fingerprint density at radius 3 is 1.69 bits per heavy atom. The van der Waals surface area contributed by atoms with E-state index in [1.165, 1.54) is 13.2 Å². The van der Waals surface area contributed by atoms with E-state index in [2.05, 4.69) is 0 Å². The Balaban J connectivity index is 2.86. The van der Waals surface area contributed by atoms with Gasteiger partial charge in [0.15, 0.2) is 5.78 Å². The Morgan fingerprint density at radius 2 is 1.27 bits per heavy atom. The van der Waals surface area contributed by atoms with E-state index in [4.69, 9.17) is 4.74 Å². The fourth-order valence-corrected chi connectivity index (χ4v) is 3.45. The fraction of sp³-hybridized carbons (Fsp3) is 0.304. The van der Waals surface area contributed by atoms with Gasteiger partial charge >= 0.3 is 5.97 Å². The number of aryl methyl sites for hydroxylation is 1. The number of hydrogen-bond acceptors (Lipinski definition) is 3. The first-order chi connectivity index (χ1) is 12.2. The monoisotopic (exact) mass is 350 g/mol. The van der Waals surface area contributed by atoms with Crippen molar-refractivity contribution in [2.24, 2.45) is 0 Å². The van der Waals surface area contributed by atoms with Crippen LogP contribution >= 0.6 is 0 Å². The van der Waals surface area contributed by atoms with Gasteiger partial charge in [-0.1, -0.05) is 29.8 Å². The van der Waals surface area contributed by atoms with Crippen LogP contribution < -0.4 is 0 Å². The van der Waals surface area contributed by atoms with E-state index in [0.717, 1.165) is 50.1 Å². The van der Waals surface area contributed by atoms with Crippen molar-refractivity contribution in [1.29, 1.82) is 0 Å². The molecule has 0 saturated carbocycles. The third-order valence-electron chi connectivity index (χ3n) is 5.07. The number of rotatable bonds is 4. The zero-order valence-electron chi connectivity index (χ0n) is 16.6. The van der Waals surface area contributed by atoms with Crippen LogP contribution in [0.2, 0.25) is 0 Å². The lowest BCUT2D eigenvalue weighted by atomic mass is 9.82. The molecule has 0 radical (unpaired) electrons. The third kappa shape index (κ3) is 3.62. The predicted octanol–water partition coefficient (Wildman–Crippen LogP) is 5.04. The van der Waals surface area contributed by atoms with Gasteiger partial charge in [-0.05, 0) is 80.5 Å². The van der Waals surface area contributed by atoms with Gasteiger partial charge in [0, 0.05) is 11.6 Å². The average molecular weight is 350 g/mol. The molecule has 0 bridgehead atoms. The van der Waals surface area contributed by atoms with E-state index in [-0.39, 0.29) is 5.78 Å². The first kappa shape index (κ1) is 19.6. The molecule has 0 saturated heterocycles. The SMILES string of the molecule is COC(=O)/C=C(\c1ccc(C)cc1)c1c(C)c(C)c(C(C)=O)c(C)c1C. The van der Waals surface area contributed by atoms with Gasteiger partial charge in [0.2, 0.25) is 0 Å². The predicted molar refractivity (Wildman–Crippen MR) is 106 cm³/mol. The maximum atomic E-state index is 12.1. The van der Waals surface area contributed by atoms with Crippen LogP contribution in [0.4, 0.5) is 0 Å². The minimum Gasteiger partial charge on any atom is -0.466 e. The first-order valence-corrected chi connectivity index (χ1v) is 8.67. The van der Waals surface area contributed by atoms with E-state index in [9.17, 15) is 9.59 Å². The molecule has 0 aliphatic rings. The summed E-state index contributed by atoms with van der Waals surface area (Å²) in [6, 6.07) is 8.06. The summed E-state index contributed by atoms with van der Waals surface area (Å²) in [6.45, 7) is 11.6. The van der Waals surface area contributed by atoms with Crippen molar-refractivity contribution in [3.8, 4) is 0 Å². The van der Waals surface area contributed by atoms with Gasteiger partial charge in [-0.2, -0.15) is 0 Å². The number of ketones is 1. The largest absolute Gasteiger partial charge is 0.466 e. The lowest BCUT2D eigenvalue weighted by Gasteiger charge is -2.21. The fourth-order valence-electron chi connectivity index (χ4n) is 3.45. The lowest BCUT2D eigenvalue weighted by Crippen LogP contribution is -2.09. The van der Waals surface area contributed by atoms with Crippen LogP contribution in [-0.4, -0.2) is 18.9 Å². The highest BCUT2D eigenvalue weighted by molar-refractivity contribution is 6.01. The topological polar surface area (TPSA) is 43.4 Å². The molecule has 0 N–H and O–H groups in total. The molecule has 2 aromatic carbocycles. The highest BCUT2D eigenvalue weighted by Gasteiger charge is 2.21. The number of carbonyl (C=O) groups excluding carboxylic acids is 2. The second-order valence-corrected chi connectivity index (χ2v) is 6.75. The number of benzene rings is 2. The molecule has 0 aromatic heterocycles. The Morgan fingerprint density at radius 1 is 0.808 bits per heavy atom. The normalized spacial score (nSPS) is 11.4. The van der Waals surface area contributed by atoms with Crippen molar-refractivity contribution < 1.29 is 14.3 Å². The third-order valence-corrected chi connectivity index (χ3v) is 5.07. The summed E-state index contributed by atoms with van der Waals surface area (Å²) in [5.41, 5.74) is 8.60. The zero-order valence-corrected chi connectivity index (χ0v) is 16.6. The minimum atomic E-state index is -0.398.